The first-order chi connectivity index (χ1) is 13.5. The lowest BCUT2D eigenvalue weighted by molar-refractivity contribution is -0.136. The molecule has 1 heterocycles. The van der Waals surface area contributed by atoms with E-state index < -0.39 is 5.41 Å². The van der Waals surface area contributed by atoms with E-state index in [9.17, 15) is 9.59 Å². The van der Waals surface area contributed by atoms with Crippen molar-refractivity contribution >= 4 is 17.5 Å². The van der Waals surface area contributed by atoms with Gasteiger partial charge in [-0.05, 0) is 49.6 Å². The SMILES string of the molecule is Cc1ccc(C(=O)Nc2cccc(CNC(=O)C3(CN)CCOCC3)c2)cc1. The molecule has 0 bridgehead atoms. The number of hydrogen-bond acceptors (Lipinski definition) is 4. The lowest BCUT2D eigenvalue weighted by Gasteiger charge is -2.34. The zero-order valence-electron chi connectivity index (χ0n) is 16.2. The van der Waals surface area contributed by atoms with E-state index in [1.54, 1.807) is 12.1 Å². The Balaban J connectivity index is 1.60. The summed E-state index contributed by atoms with van der Waals surface area (Å²) in [7, 11) is 0. The molecule has 0 aromatic heterocycles. The Labute approximate surface area is 165 Å². The van der Waals surface area contributed by atoms with Gasteiger partial charge in [-0.15, -0.1) is 0 Å². The summed E-state index contributed by atoms with van der Waals surface area (Å²) >= 11 is 0. The summed E-state index contributed by atoms with van der Waals surface area (Å²) < 4.78 is 5.36. The number of ether oxygens (including phenoxy) is 1. The molecule has 0 aliphatic carbocycles. The number of carbonyl (C=O) groups is 2. The molecule has 0 unspecified atom stereocenters. The molecule has 1 fully saturated rings. The van der Waals surface area contributed by atoms with Gasteiger partial charge in [-0.2, -0.15) is 0 Å². The number of rotatable bonds is 6. The van der Waals surface area contributed by atoms with Crippen LogP contribution in [-0.2, 0) is 16.1 Å². The van der Waals surface area contributed by atoms with Gasteiger partial charge in [0.2, 0.25) is 5.91 Å². The monoisotopic (exact) mass is 381 g/mol. The Morgan fingerprint density at radius 3 is 2.50 bits per heavy atom. The van der Waals surface area contributed by atoms with Crippen LogP contribution in [0.1, 0.15) is 34.3 Å². The predicted molar refractivity (Wildman–Crippen MR) is 109 cm³/mol. The number of nitrogens with two attached hydrogens (primary N) is 1. The van der Waals surface area contributed by atoms with Crippen LogP contribution in [0.25, 0.3) is 0 Å². The average molecular weight is 381 g/mol. The van der Waals surface area contributed by atoms with Gasteiger partial charge in [0.1, 0.15) is 0 Å². The second-order valence-electron chi connectivity index (χ2n) is 7.30. The number of aryl methyl sites for hydroxylation is 1. The normalized spacial score (nSPS) is 15.6. The van der Waals surface area contributed by atoms with Crippen molar-refractivity contribution in [1.29, 1.82) is 0 Å². The van der Waals surface area contributed by atoms with Crippen LogP contribution in [0.5, 0.6) is 0 Å². The lowest BCUT2D eigenvalue weighted by atomic mass is 9.79. The largest absolute Gasteiger partial charge is 0.381 e. The molecular formula is C22H27N3O3. The fraction of sp³-hybridized carbons (Fsp3) is 0.364. The van der Waals surface area contributed by atoms with Crippen molar-refractivity contribution in [2.24, 2.45) is 11.1 Å². The van der Waals surface area contributed by atoms with E-state index in [2.05, 4.69) is 10.6 Å². The summed E-state index contributed by atoms with van der Waals surface area (Å²) in [5, 5.41) is 5.89. The predicted octanol–water partition coefficient (Wildman–Crippen LogP) is 2.62. The fourth-order valence-corrected chi connectivity index (χ4v) is 3.32. The summed E-state index contributed by atoms with van der Waals surface area (Å²) in [6, 6.07) is 14.9. The van der Waals surface area contributed by atoms with E-state index in [0.717, 1.165) is 11.1 Å². The summed E-state index contributed by atoms with van der Waals surface area (Å²) in [5.41, 5.74) is 8.66. The van der Waals surface area contributed by atoms with Crippen LogP contribution in [0.15, 0.2) is 48.5 Å². The van der Waals surface area contributed by atoms with Gasteiger partial charge in [-0.25, -0.2) is 0 Å². The van der Waals surface area contributed by atoms with Gasteiger partial charge in [0.25, 0.3) is 5.91 Å². The van der Waals surface area contributed by atoms with E-state index in [1.165, 1.54) is 0 Å². The Morgan fingerprint density at radius 1 is 1.11 bits per heavy atom. The van der Waals surface area contributed by atoms with E-state index >= 15 is 0 Å². The molecule has 0 saturated carbocycles. The van der Waals surface area contributed by atoms with E-state index in [1.807, 2.05) is 43.3 Å². The van der Waals surface area contributed by atoms with Crippen molar-refractivity contribution in [3.05, 3.63) is 65.2 Å². The Kier molecular flexibility index (Phi) is 6.44. The number of carbonyl (C=O) groups excluding carboxylic acids is 2. The molecule has 0 radical (unpaired) electrons. The standard InChI is InChI=1S/C22H27N3O3/c1-16-5-7-18(8-6-16)20(26)25-19-4-2-3-17(13-19)14-24-21(27)22(15-23)9-11-28-12-10-22/h2-8,13H,9-12,14-15,23H2,1H3,(H,24,27)(H,25,26). The van der Waals surface area contributed by atoms with Crippen LogP contribution in [-0.4, -0.2) is 31.6 Å². The quantitative estimate of drug-likeness (QED) is 0.717. The van der Waals surface area contributed by atoms with Crippen LogP contribution in [0.4, 0.5) is 5.69 Å². The molecule has 2 aromatic rings. The summed E-state index contributed by atoms with van der Waals surface area (Å²) in [6.45, 7) is 3.80. The third-order valence-electron chi connectivity index (χ3n) is 5.27. The molecule has 2 aromatic carbocycles. The maximum Gasteiger partial charge on any atom is 0.255 e. The maximum atomic E-state index is 12.7. The number of benzene rings is 2. The Morgan fingerprint density at radius 2 is 1.82 bits per heavy atom. The van der Waals surface area contributed by atoms with E-state index in [4.69, 9.17) is 10.5 Å². The third kappa shape index (κ3) is 4.77. The molecule has 0 spiro atoms. The Hall–Kier alpha value is -2.70. The number of hydrogen-bond donors (Lipinski definition) is 3. The first-order valence-electron chi connectivity index (χ1n) is 9.55. The average Bonchev–Trinajstić information content (AvgIpc) is 2.73. The van der Waals surface area contributed by atoms with E-state index in [-0.39, 0.29) is 11.8 Å². The van der Waals surface area contributed by atoms with Gasteiger partial charge in [0.05, 0.1) is 5.41 Å². The number of nitrogens with one attached hydrogen (secondary N) is 2. The first-order valence-corrected chi connectivity index (χ1v) is 9.55. The summed E-state index contributed by atoms with van der Waals surface area (Å²) in [5.74, 6) is -0.196. The number of amides is 2. The molecule has 6 heteroatoms. The van der Waals surface area contributed by atoms with Crippen LogP contribution in [0.2, 0.25) is 0 Å². The van der Waals surface area contributed by atoms with Gasteiger partial charge in [-0.3, -0.25) is 9.59 Å². The molecule has 3 rings (SSSR count). The second-order valence-corrected chi connectivity index (χ2v) is 7.30. The van der Waals surface area contributed by atoms with Gasteiger partial charge < -0.3 is 21.1 Å². The minimum atomic E-state index is -0.546. The minimum Gasteiger partial charge on any atom is -0.381 e. The van der Waals surface area contributed by atoms with Gasteiger partial charge in [0, 0.05) is 37.6 Å². The topological polar surface area (TPSA) is 93.5 Å². The van der Waals surface area contributed by atoms with Gasteiger partial charge in [-0.1, -0.05) is 29.8 Å². The molecule has 2 amide bonds. The molecule has 28 heavy (non-hydrogen) atoms. The maximum absolute atomic E-state index is 12.7. The Bertz CT molecular complexity index is 827. The smallest absolute Gasteiger partial charge is 0.255 e. The molecule has 1 aliphatic heterocycles. The second kappa shape index (κ2) is 8.99. The zero-order valence-corrected chi connectivity index (χ0v) is 16.2. The first kappa shape index (κ1) is 20.0. The van der Waals surface area contributed by atoms with Gasteiger partial charge >= 0.3 is 0 Å². The number of anilines is 1. The highest BCUT2D eigenvalue weighted by Crippen LogP contribution is 2.29. The van der Waals surface area contributed by atoms with Crippen LogP contribution >= 0.6 is 0 Å². The van der Waals surface area contributed by atoms with Crippen molar-refractivity contribution in [2.45, 2.75) is 26.3 Å². The zero-order chi connectivity index (χ0) is 20.0. The molecule has 6 nitrogen and oxygen atoms in total. The van der Waals surface area contributed by atoms with Crippen molar-refractivity contribution in [1.82, 2.24) is 5.32 Å². The molecule has 0 atom stereocenters. The van der Waals surface area contributed by atoms with Crippen LogP contribution in [0.3, 0.4) is 0 Å². The molecular weight excluding hydrogens is 354 g/mol. The highest BCUT2D eigenvalue weighted by molar-refractivity contribution is 6.04. The van der Waals surface area contributed by atoms with Gasteiger partial charge in [0.15, 0.2) is 0 Å². The van der Waals surface area contributed by atoms with Crippen molar-refractivity contribution in [2.75, 3.05) is 25.1 Å². The molecule has 1 aliphatic rings. The highest BCUT2D eigenvalue weighted by atomic mass is 16.5. The third-order valence-corrected chi connectivity index (χ3v) is 5.27. The molecule has 4 N–H and O–H groups in total. The van der Waals surface area contributed by atoms with Crippen LogP contribution < -0.4 is 16.4 Å². The summed E-state index contributed by atoms with van der Waals surface area (Å²) in [4.78, 5) is 25.1. The van der Waals surface area contributed by atoms with Crippen molar-refractivity contribution in [3.63, 3.8) is 0 Å². The lowest BCUT2D eigenvalue weighted by Crippen LogP contribution is -2.48. The highest BCUT2D eigenvalue weighted by Gasteiger charge is 2.38. The van der Waals surface area contributed by atoms with Crippen LogP contribution in [0, 0.1) is 12.3 Å². The van der Waals surface area contributed by atoms with E-state index in [0.29, 0.717) is 50.4 Å². The fourth-order valence-electron chi connectivity index (χ4n) is 3.32. The molecule has 1 saturated heterocycles. The van der Waals surface area contributed by atoms with Crippen molar-refractivity contribution < 1.29 is 14.3 Å². The van der Waals surface area contributed by atoms with Crippen molar-refractivity contribution in [3.8, 4) is 0 Å². The minimum absolute atomic E-state index is 0.0348. The molecule has 148 valence electrons. The summed E-state index contributed by atoms with van der Waals surface area (Å²) in [6.07, 6.45) is 1.28.